The zero-order valence-corrected chi connectivity index (χ0v) is 13.0. The third kappa shape index (κ3) is 2.84. The molecule has 2 aromatic heterocycles. The lowest BCUT2D eigenvalue weighted by Gasteiger charge is -2.16. The number of pyridine rings is 1. The van der Waals surface area contributed by atoms with Crippen LogP contribution in [0.3, 0.4) is 0 Å². The van der Waals surface area contributed by atoms with Crippen molar-refractivity contribution in [1.82, 2.24) is 9.88 Å². The molecule has 3 heterocycles. The van der Waals surface area contributed by atoms with Crippen LogP contribution in [-0.4, -0.2) is 40.0 Å². The minimum Gasteiger partial charge on any atom is -0.481 e. The van der Waals surface area contributed by atoms with E-state index in [-0.39, 0.29) is 18.4 Å². The van der Waals surface area contributed by atoms with Crippen LogP contribution >= 0.6 is 0 Å². The summed E-state index contributed by atoms with van der Waals surface area (Å²) < 4.78 is 5.41. The number of furan rings is 1. The van der Waals surface area contributed by atoms with Crippen LogP contribution in [0.4, 0.5) is 0 Å². The first kappa shape index (κ1) is 15.3. The number of hydrogen-bond donors (Lipinski definition) is 1. The number of likely N-dealkylation sites (tertiary alicyclic amines) is 1. The normalized spacial score (nSPS) is 20.7. The number of aliphatic carboxylic acids is 1. The summed E-state index contributed by atoms with van der Waals surface area (Å²) in [6, 6.07) is 5.32. The minimum absolute atomic E-state index is 0.179. The Labute approximate surface area is 133 Å². The highest BCUT2D eigenvalue weighted by molar-refractivity contribution is 5.96. The predicted octanol–water partition coefficient (Wildman–Crippen LogP) is 2.23. The van der Waals surface area contributed by atoms with Crippen molar-refractivity contribution >= 4 is 11.9 Å². The lowest BCUT2D eigenvalue weighted by atomic mass is 9.90. The van der Waals surface area contributed by atoms with E-state index in [9.17, 15) is 14.7 Å². The minimum atomic E-state index is -0.887. The van der Waals surface area contributed by atoms with Crippen molar-refractivity contribution in [2.75, 3.05) is 13.1 Å². The van der Waals surface area contributed by atoms with Gasteiger partial charge in [-0.3, -0.25) is 14.6 Å². The summed E-state index contributed by atoms with van der Waals surface area (Å²) in [5.74, 6) is -0.677. The van der Waals surface area contributed by atoms with Crippen LogP contribution in [-0.2, 0) is 4.79 Å². The third-order valence-electron chi connectivity index (χ3n) is 4.33. The Morgan fingerprint density at radius 2 is 1.96 bits per heavy atom. The summed E-state index contributed by atoms with van der Waals surface area (Å²) in [6.07, 6.45) is 3.28. The highest BCUT2D eigenvalue weighted by Crippen LogP contribution is 2.34. The van der Waals surface area contributed by atoms with Gasteiger partial charge in [0.1, 0.15) is 11.5 Å². The molecule has 0 saturated carbocycles. The van der Waals surface area contributed by atoms with Crippen LogP contribution in [0, 0.1) is 19.8 Å². The van der Waals surface area contributed by atoms with Gasteiger partial charge in [0.05, 0.1) is 11.5 Å². The molecule has 0 radical (unpaired) electrons. The molecule has 120 valence electrons. The van der Waals surface area contributed by atoms with Crippen molar-refractivity contribution in [2.24, 2.45) is 5.92 Å². The van der Waals surface area contributed by atoms with Gasteiger partial charge in [-0.25, -0.2) is 0 Å². The van der Waals surface area contributed by atoms with Gasteiger partial charge in [0, 0.05) is 31.4 Å². The topological polar surface area (TPSA) is 83.6 Å². The molecule has 0 bridgehead atoms. The zero-order valence-electron chi connectivity index (χ0n) is 13.0. The van der Waals surface area contributed by atoms with Gasteiger partial charge < -0.3 is 14.4 Å². The lowest BCUT2D eigenvalue weighted by molar-refractivity contribution is -0.141. The Balaban J connectivity index is 1.87. The zero-order chi connectivity index (χ0) is 16.6. The standard InChI is InChI=1S/C17H18N2O4/c1-10-7-13(11(2)23-10)16(20)19-8-14(15(9-19)17(21)22)12-3-5-18-6-4-12/h3-7,14-15H,8-9H2,1-2H3,(H,21,22). The molecule has 0 spiro atoms. The van der Waals surface area contributed by atoms with Crippen molar-refractivity contribution in [3.8, 4) is 0 Å². The maximum Gasteiger partial charge on any atom is 0.308 e. The van der Waals surface area contributed by atoms with E-state index in [2.05, 4.69) is 4.98 Å². The van der Waals surface area contributed by atoms with Crippen molar-refractivity contribution in [1.29, 1.82) is 0 Å². The molecular weight excluding hydrogens is 296 g/mol. The molecule has 6 heteroatoms. The first-order chi connectivity index (χ1) is 11.0. The molecule has 1 saturated heterocycles. The summed E-state index contributed by atoms with van der Waals surface area (Å²) >= 11 is 0. The molecule has 0 aliphatic carbocycles. The Hall–Kier alpha value is -2.63. The SMILES string of the molecule is Cc1cc(C(=O)N2CC(C(=O)O)C(c3ccncc3)C2)c(C)o1. The second-order valence-electron chi connectivity index (χ2n) is 5.87. The quantitative estimate of drug-likeness (QED) is 0.939. The summed E-state index contributed by atoms with van der Waals surface area (Å²) in [7, 11) is 0. The average Bonchev–Trinajstić information content (AvgIpc) is 3.11. The van der Waals surface area contributed by atoms with Crippen LogP contribution in [0.25, 0.3) is 0 Å². The van der Waals surface area contributed by atoms with Gasteiger partial charge in [-0.05, 0) is 37.6 Å². The predicted molar refractivity (Wildman–Crippen MR) is 82.2 cm³/mol. The van der Waals surface area contributed by atoms with Crippen molar-refractivity contribution in [3.63, 3.8) is 0 Å². The fraction of sp³-hybridized carbons (Fsp3) is 0.353. The van der Waals surface area contributed by atoms with Gasteiger partial charge in [0.25, 0.3) is 5.91 Å². The molecule has 1 fully saturated rings. The van der Waals surface area contributed by atoms with E-state index in [1.165, 1.54) is 0 Å². The number of hydrogen-bond acceptors (Lipinski definition) is 4. The number of amides is 1. The molecule has 1 aliphatic rings. The van der Waals surface area contributed by atoms with Crippen LogP contribution in [0.2, 0.25) is 0 Å². The van der Waals surface area contributed by atoms with E-state index in [4.69, 9.17) is 4.42 Å². The summed E-state index contributed by atoms with van der Waals surface area (Å²) in [6.45, 7) is 4.10. The van der Waals surface area contributed by atoms with E-state index in [0.717, 1.165) is 5.56 Å². The average molecular weight is 314 g/mol. The molecule has 3 rings (SSSR count). The van der Waals surface area contributed by atoms with Crippen LogP contribution < -0.4 is 0 Å². The molecule has 0 aromatic carbocycles. The van der Waals surface area contributed by atoms with Crippen LogP contribution in [0.5, 0.6) is 0 Å². The Kier molecular flexibility index (Phi) is 3.90. The Bertz CT molecular complexity index is 738. The first-order valence-corrected chi connectivity index (χ1v) is 7.46. The largest absolute Gasteiger partial charge is 0.481 e. The highest BCUT2D eigenvalue weighted by Gasteiger charge is 2.41. The van der Waals surface area contributed by atoms with E-state index < -0.39 is 11.9 Å². The van der Waals surface area contributed by atoms with E-state index in [1.807, 2.05) is 12.1 Å². The summed E-state index contributed by atoms with van der Waals surface area (Å²) in [4.78, 5) is 29.8. The van der Waals surface area contributed by atoms with E-state index in [0.29, 0.717) is 23.6 Å². The molecule has 2 aromatic rings. The lowest BCUT2D eigenvalue weighted by Crippen LogP contribution is -2.30. The number of carboxylic acid groups (broad SMARTS) is 1. The molecule has 2 unspecified atom stereocenters. The number of carboxylic acids is 1. The number of rotatable bonds is 3. The van der Waals surface area contributed by atoms with E-state index >= 15 is 0 Å². The second kappa shape index (κ2) is 5.87. The molecule has 23 heavy (non-hydrogen) atoms. The second-order valence-corrected chi connectivity index (χ2v) is 5.87. The molecule has 6 nitrogen and oxygen atoms in total. The number of nitrogens with zero attached hydrogens (tertiary/aromatic N) is 2. The van der Waals surface area contributed by atoms with Crippen molar-refractivity contribution < 1.29 is 19.1 Å². The van der Waals surface area contributed by atoms with E-state index in [1.54, 1.807) is 37.2 Å². The Morgan fingerprint density at radius 1 is 1.26 bits per heavy atom. The van der Waals surface area contributed by atoms with Gasteiger partial charge in [0.15, 0.2) is 0 Å². The third-order valence-corrected chi connectivity index (χ3v) is 4.33. The smallest absolute Gasteiger partial charge is 0.308 e. The monoisotopic (exact) mass is 314 g/mol. The van der Waals surface area contributed by atoms with Crippen LogP contribution in [0.15, 0.2) is 35.0 Å². The molecule has 1 amide bonds. The van der Waals surface area contributed by atoms with Gasteiger partial charge >= 0.3 is 5.97 Å². The fourth-order valence-electron chi connectivity index (χ4n) is 3.18. The molecule has 1 aliphatic heterocycles. The van der Waals surface area contributed by atoms with Gasteiger partial charge in [-0.15, -0.1) is 0 Å². The number of carbonyl (C=O) groups is 2. The number of aryl methyl sites for hydroxylation is 2. The summed E-state index contributed by atoms with van der Waals surface area (Å²) in [5.41, 5.74) is 1.39. The van der Waals surface area contributed by atoms with Crippen molar-refractivity contribution in [2.45, 2.75) is 19.8 Å². The first-order valence-electron chi connectivity index (χ1n) is 7.46. The maximum absolute atomic E-state index is 12.7. The van der Waals surface area contributed by atoms with Crippen LogP contribution in [0.1, 0.15) is 33.4 Å². The van der Waals surface area contributed by atoms with Gasteiger partial charge in [-0.1, -0.05) is 0 Å². The Morgan fingerprint density at radius 3 is 2.52 bits per heavy atom. The molecule has 2 atom stereocenters. The number of carbonyl (C=O) groups excluding carboxylic acids is 1. The highest BCUT2D eigenvalue weighted by atomic mass is 16.4. The van der Waals surface area contributed by atoms with Crippen molar-refractivity contribution in [3.05, 3.63) is 53.2 Å². The molecule has 1 N–H and O–H groups in total. The number of aromatic nitrogens is 1. The molecular formula is C17H18N2O4. The maximum atomic E-state index is 12.7. The van der Waals surface area contributed by atoms with Gasteiger partial charge in [0.2, 0.25) is 0 Å². The van der Waals surface area contributed by atoms with Gasteiger partial charge in [-0.2, -0.15) is 0 Å². The summed E-state index contributed by atoms with van der Waals surface area (Å²) in [5, 5.41) is 9.50. The fourth-order valence-corrected chi connectivity index (χ4v) is 3.18.